The molecule has 5 nitrogen and oxygen atoms in total. The zero-order chi connectivity index (χ0) is 21.2. The summed E-state index contributed by atoms with van der Waals surface area (Å²) in [5.41, 5.74) is 3.50. The molecule has 0 N–H and O–H groups in total. The van der Waals surface area contributed by atoms with Crippen molar-refractivity contribution in [3.05, 3.63) is 65.4 Å². The Morgan fingerprint density at radius 2 is 1.59 bits per heavy atom. The van der Waals surface area contributed by atoms with Crippen LogP contribution in [0.5, 0.6) is 0 Å². The van der Waals surface area contributed by atoms with Gasteiger partial charge < -0.3 is 14.4 Å². The largest absolute Gasteiger partial charge is 0.419 e. The Kier molecular flexibility index (Phi) is 5.69. The van der Waals surface area contributed by atoms with Gasteiger partial charge in [0.1, 0.15) is 5.57 Å². The minimum absolute atomic E-state index is 0.101. The molecule has 5 heteroatoms. The second kappa shape index (κ2) is 7.90. The third-order valence-corrected chi connectivity index (χ3v) is 5.28. The summed E-state index contributed by atoms with van der Waals surface area (Å²) in [5.74, 6) is -2.56. The molecule has 0 spiro atoms. The summed E-state index contributed by atoms with van der Waals surface area (Å²) in [4.78, 5) is 26.5. The SMILES string of the molecule is CCCCN1/C(=C/C=C/C=C2C(=O)OC(C)(C)OC2=O)C(C)(C)c2ccccc21. The van der Waals surface area contributed by atoms with Crippen LogP contribution in [0.1, 0.15) is 53.0 Å². The number of anilines is 1. The molecule has 1 saturated heterocycles. The molecule has 0 aromatic heterocycles. The molecule has 1 aromatic rings. The maximum Gasteiger partial charge on any atom is 0.348 e. The van der Waals surface area contributed by atoms with Gasteiger partial charge in [0.05, 0.1) is 0 Å². The lowest BCUT2D eigenvalue weighted by atomic mass is 9.84. The van der Waals surface area contributed by atoms with E-state index < -0.39 is 17.7 Å². The van der Waals surface area contributed by atoms with Gasteiger partial charge in [-0.3, -0.25) is 0 Å². The predicted octanol–water partition coefficient (Wildman–Crippen LogP) is 4.79. The first-order valence-electron chi connectivity index (χ1n) is 10.1. The number of cyclic esters (lactones) is 2. The molecule has 1 fully saturated rings. The number of unbranched alkanes of at least 4 members (excludes halogenated alkanes) is 1. The Hall–Kier alpha value is -2.82. The van der Waals surface area contributed by atoms with Crippen molar-refractivity contribution in [1.29, 1.82) is 0 Å². The maximum atomic E-state index is 12.0. The number of ether oxygens (including phenoxy) is 2. The molecule has 0 atom stereocenters. The first kappa shape index (κ1) is 20.9. The number of hydrogen-bond donors (Lipinski definition) is 0. The Bertz CT molecular complexity index is 883. The normalized spacial score (nSPS) is 21.3. The molecular formula is C24H29NO4. The van der Waals surface area contributed by atoms with Gasteiger partial charge in [-0.25, -0.2) is 9.59 Å². The van der Waals surface area contributed by atoms with Crippen molar-refractivity contribution in [3.8, 4) is 0 Å². The molecule has 2 heterocycles. The molecule has 0 aliphatic carbocycles. The lowest BCUT2D eigenvalue weighted by Gasteiger charge is -2.29. The van der Waals surface area contributed by atoms with Crippen LogP contribution in [0.15, 0.2) is 59.8 Å². The summed E-state index contributed by atoms with van der Waals surface area (Å²) in [7, 11) is 0. The van der Waals surface area contributed by atoms with E-state index in [1.807, 2.05) is 6.08 Å². The second-order valence-electron chi connectivity index (χ2n) is 8.34. The molecule has 1 aromatic carbocycles. The van der Waals surface area contributed by atoms with Gasteiger partial charge in [0.2, 0.25) is 0 Å². The lowest BCUT2D eigenvalue weighted by Crippen LogP contribution is -2.41. The van der Waals surface area contributed by atoms with Gasteiger partial charge in [-0.1, -0.05) is 57.5 Å². The zero-order valence-corrected chi connectivity index (χ0v) is 17.8. The van der Waals surface area contributed by atoms with E-state index in [4.69, 9.17) is 9.47 Å². The number of allylic oxidation sites excluding steroid dienone is 5. The second-order valence-corrected chi connectivity index (χ2v) is 8.34. The average molecular weight is 395 g/mol. The van der Waals surface area contributed by atoms with Gasteiger partial charge in [-0.15, -0.1) is 0 Å². The van der Waals surface area contributed by atoms with E-state index in [1.54, 1.807) is 6.08 Å². The number of carbonyl (C=O) groups excluding carboxylic acids is 2. The summed E-state index contributed by atoms with van der Waals surface area (Å²) < 4.78 is 10.2. The van der Waals surface area contributed by atoms with Crippen LogP contribution in [0.25, 0.3) is 0 Å². The fraction of sp³-hybridized carbons (Fsp3) is 0.417. The highest BCUT2D eigenvalue weighted by Gasteiger charge is 2.40. The van der Waals surface area contributed by atoms with Gasteiger partial charge >= 0.3 is 11.9 Å². The number of fused-ring (bicyclic) bond motifs is 1. The first-order chi connectivity index (χ1) is 13.7. The van der Waals surface area contributed by atoms with Gasteiger partial charge in [-0.2, -0.15) is 0 Å². The molecule has 154 valence electrons. The molecule has 3 rings (SSSR count). The van der Waals surface area contributed by atoms with Crippen LogP contribution in [0.2, 0.25) is 0 Å². The van der Waals surface area contributed by atoms with Crippen LogP contribution in [-0.4, -0.2) is 24.3 Å². The smallest absolute Gasteiger partial charge is 0.348 e. The number of esters is 2. The number of nitrogens with zero attached hydrogens (tertiary/aromatic N) is 1. The molecule has 2 aliphatic heterocycles. The van der Waals surface area contributed by atoms with Crippen molar-refractivity contribution in [2.75, 3.05) is 11.4 Å². The van der Waals surface area contributed by atoms with Crippen molar-refractivity contribution >= 4 is 17.6 Å². The molecule has 2 aliphatic rings. The van der Waals surface area contributed by atoms with E-state index in [9.17, 15) is 9.59 Å². The third kappa shape index (κ3) is 4.14. The third-order valence-electron chi connectivity index (χ3n) is 5.28. The van der Waals surface area contributed by atoms with Crippen molar-refractivity contribution in [1.82, 2.24) is 0 Å². The number of hydrogen-bond acceptors (Lipinski definition) is 5. The molecule has 0 saturated carbocycles. The maximum absolute atomic E-state index is 12.0. The van der Waals surface area contributed by atoms with Crippen molar-refractivity contribution < 1.29 is 19.1 Å². The van der Waals surface area contributed by atoms with Gasteiger partial charge in [0.15, 0.2) is 0 Å². The van der Waals surface area contributed by atoms with Gasteiger partial charge in [0.25, 0.3) is 5.79 Å². The quantitative estimate of drug-likeness (QED) is 0.408. The van der Waals surface area contributed by atoms with E-state index in [0.29, 0.717) is 0 Å². The Balaban J connectivity index is 1.87. The number of para-hydroxylation sites is 1. The van der Waals surface area contributed by atoms with E-state index in [0.717, 1.165) is 19.4 Å². The fourth-order valence-electron chi connectivity index (χ4n) is 3.79. The van der Waals surface area contributed by atoms with Gasteiger partial charge in [0, 0.05) is 37.2 Å². The Morgan fingerprint density at radius 1 is 0.966 bits per heavy atom. The number of benzene rings is 1. The van der Waals surface area contributed by atoms with Crippen LogP contribution in [-0.2, 0) is 24.5 Å². The summed E-state index contributed by atoms with van der Waals surface area (Å²) in [6, 6.07) is 8.48. The molecule has 0 amide bonds. The standard InChI is InChI=1S/C24H29NO4/c1-6-7-16-25-19-14-10-9-13-18(19)23(2,3)20(25)15-11-8-12-17-21(26)28-24(4,5)29-22(17)27/h8-15H,6-7,16H2,1-5H3/b11-8+,20-15+. The summed E-state index contributed by atoms with van der Waals surface area (Å²) in [5, 5.41) is 0. The highest BCUT2D eigenvalue weighted by atomic mass is 16.7. The van der Waals surface area contributed by atoms with Crippen molar-refractivity contribution in [3.63, 3.8) is 0 Å². The van der Waals surface area contributed by atoms with E-state index >= 15 is 0 Å². The van der Waals surface area contributed by atoms with Gasteiger partial charge in [-0.05, 0) is 30.2 Å². The van der Waals surface area contributed by atoms with Crippen LogP contribution in [0, 0.1) is 0 Å². The van der Waals surface area contributed by atoms with Crippen LogP contribution < -0.4 is 4.90 Å². The van der Waals surface area contributed by atoms with Crippen LogP contribution in [0.3, 0.4) is 0 Å². The highest BCUT2D eigenvalue weighted by molar-refractivity contribution is 6.15. The van der Waals surface area contributed by atoms with Crippen molar-refractivity contribution in [2.24, 2.45) is 0 Å². The monoisotopic (exact) mass is 395 g/mol. The van der Waals surface area contributed by atoms with E-state index in [2.05, 4.69) is 56.0 Å². The minimum atomic E-state index is -1.23. The summed E-state index contributed by atoms with van der Waals surface area (Å²) in [6.45, 7) is 10.6. The van der Waals surface area contributed by atoms with E-state index in [1.165, 1.54) is 36.9 Å². The molecule has 0 unspecified atom stereocenters. The molecular weight excluding hydrogens is 366 g/mol. The highest BCUT2D eigenvalue weighted by Crippen LogP contribution is 2.47. The molecule has 29 heavy (non-hydrogen) atoms. The lowest BCUT2D eigenvalue weighted by molar-refractivity contribution is -0.222. The Morgan fingerprint density at radius 3 is 2.24 bits per heavy atom. The topological polar surface area (TPSA) is 55.8 Å². The number of rotatable bonds is 5. The summed E-state index contributed by atoms with van der Waals surface area (Å²) in [6.07, 6.45) is 9.26. The molecule has 0 bridgehead atoms. The van der Waals surface area contributed by atoms with Crippen molar-refractivity contribution in [2.45, 2.75) is 58.7 Å². The number of carbonyl (C=O) groups is 2. The first-order valence-corrected chi connectivity index (χ1v) is 10.1. The summed E-state index contributed by atoms with van der Waals surface area (Å²) >= 11 is 0. The predicted molar refractivity (Wildman–Crippen MR) is 113 cm³/mol. The molecule has 0 radical (unpaired) electrons. The average Bonchev–Trinajstić information content (AvgIpc) is 2.85. The Labute approximate surface area is 172 Å². The van der Waals surface area contributed by atoms with Crippen LogP contribution in [0.4, 0.5) is 5.69 Å². The zero-order valence-electron chi connectivity index (χ0n) is 17.8. The van der Waals surface area contributed by atoms with E-state index in [-0.39, 0.29) is 11.0 Å². The van der Waals surface area contributed by atoms with Crippen LogP contribution >= 0.6 is 0 Å². The minimum Gasteiger partial charge on any atom is -0.419 e. The fourth-order valence-corrected chi connectivity index (χ4v) is 3.79.